The predicted molar refractivity (Wildman–Crippen MR) is 180 cm³/mol. The van der Waals surface area contributed by atoms with Crippen LogP contribution in [0.25, 0.3) is 0 Å². The Kier molecular flexibility index (Phi) is 32.2. The van der Waals surface area contributed by atoms with Crippen LogP contribution in [-0.4, -0.2) is 19.1 Å². The molecule has 0 aromatic rings. The fourth-order valence-electron chi connectivity index (χ4n) is 5.78. The van der Waals surface area contributed by atoms with E-state index in [4.69, 9.17) is 4.18 Å². The van der Waals surface area contributed by atoms with Crippen LogP contribution in [0, 0.1) is 0 Å². The van der Waals surface area contributed by atoms with Gasteiger partial charge in [-0.15, -0.1) is 0 Å². The van der Waals surface area contributed by atoms with Gasteiger partial charge in [0.2, 0.25) is 0 Å². The molecule has 0 aliphatic carbocycles. The molecule has 0 spiro atoms. The maximum Gasteiger partial charge on any atom is 0.397 e. The lowest BCUT2D eigenvalue weighted by Crippen LogP contribution is -2.18. The summed E-state index contributed by atoms with van der Waals surface area (Å²) in [5, 5.41) is 0. The van der Waals surface area contributed by atoms with Gasteiger partial charge in [-0.05, 0) is 38.5 Å². The van der Waals surface area contributed by atoms with Gasteiger partial charge in [-0.3, -0.25) is 4.55 Å². The number of hydrogen-bond acceptors (Lipinski definition) is 3. The van der Waals surface area contributed by atoms with Crippen molar-refractivity contribution >= 4 is 10.4 Å². The second-order valence-electron chi connectivity index (χ2n) is 12.6. The molecule has 1 atom stereocenters. The van der Waals surface area contributed by atoms with Crippen molar-refractivity contribution in [2.75, 3.05) is 0 Å². The van der Waals surface area contributed by atoms with Gasteiger partial charge in [-0.2, -0.15) is 8.42 Å². The summed E-state index contributed by atoms with van der Waals surface area (Å²) in [5.41, 5.74) is 0. The molecule has 0 fully saturated rings. The SMILES string of the molecule is CCCCCCCC/C=C\CCCCCCCCC(CCCCCCCCCCCCCCCCC)OS(=O)(=O)O. The lowest BCUT2D eigenvalue weighted by Gasteiger charge is -2.15. The van der Waals surface area contributed by atoms with E-state index in [-0.39, 0.29) is 6.10 Å². The smallest absolute Gasteiger partial charge is 0.264 e. The Balaban J connectivity index is 3.64. The van der Waals surface area contributed by atoms with Crippen LogP contribution in [0.2, 0.25) is 0 Å². The van der Waals surface area contributed by atoms with Crippen LogP contribution >= 0.6 is 0 Å². The van der Waals surface area contributed by atoms with Crippen molar-refractivity contribution in [3.8, 4) is 0 Å². The summed E-state index contributed by atoms with van der Waals surface area (Å²) < 4.78 is 36.8. The highest BCUT2D eigenvalue weighted by atomic mass is 32.3. The van der Waals surface area contributed by atoms with Gasteiger partial charge in [0.05, 0.1) is 6.10 Å². The first kappa shape index (κ1) is 40.6. The Morgan fingerprint density at radius 1 is 0.463 bits per heavy atom. The number of hydrogen-bond donors (Lipinski definition) is 1. The Morgan fingerprint density at radius 3 is 1.02 bits per heavy atom. The Hall–Kier alpha value is -0.390. The molecule has 0 aromatic heterocycles. The number of allylic oxidation sites excluding steroid dienone is 2. The molecule has 0 amide bonds. The molecule has 41 heavy (non-hydrogen) atoms. The Morgan fingerprint density at radius 2 is 0.732 bits per heavy atom. The molecule has 0 bridgehead atoms. The second kappa shape index (κ2) is 32.5. The standard InChI is InChI=1S/C36H72O4S/c1-3-5-7-9-11-13-15-17-19-21-23-25-27-29-31-33-35-36(40-41(37,38)39)34-32-30-28-26-24-22-20-18-16-14-12-10-8-6-4-2/h17,19,36H,3-16,18,20-35H2,1-2H3,(H,37,38,39)/b19-17-. The number of rotatable bonds is 34. The summed E-state index contributed by atoms with van der Waals surface area (Å²) in [6, 6.07) is 0. The normalized spacial score (nSPS) is 13.0. The minimum absolute atomic E-state index is 0.372. The van der Waals surface area contributed by atoms with Crippen molar-refractivity contribution in [2.24, 2.45) is 0 Å². The molecule has 0 saturated heterocycles. The molecule has 0 rings (SSSR count). The van der Waals surface area contributed by atoms with E-state index in [1.165, 1.54) is 161 Å². The molecule has 0 saturated carbocycles. The van der Waals surface area contributed by atoms with Crippen molar-refractivity contribution in [1.29, 1.82) is 0 Å². The molecule has 246 valence electrons. The van der Waals surface area contributed by atoms with E-state index in [1.54, 1.807) is 0 Å². The van der Waals surface area contributed by atoms with E-state index < -0.39 is 10.4 Å². The molecular formula is C36H72O4S. The molecule has 0 radical (unpaired) electrons. The first-order valence-electron chi connectivity index (χ1n) is 18.3. The molecule has 0 aliphatic rings. The average molecular weight is 601 g/mol. The van der Waals surface area contributed by atoms with Gasteiger partial charge in [0.1, 0.15) is 0 Å². The summed E-state index contributed by atoms with van der Waals surface area (Å²) in [4.78, 5) is 0. The van der Waals surface area contributed by atoms with E-state index in [1.807, 2.05) is 0 Å². The minimum atomic E-state index is -4.37. The highest BCUT2D eigenvalue weighted by molar-refractivity contribution is 7.80. The lowest BCUT2D eigenvalue weighted by atomic mass is 10.0. The lowest BCUT2D eigenvalue weighted by molar-refractivity contribution is 0.157. The van der Waals surface area contributed by atoms with Crippen molar-refractivity contribution in [2.45, 2.75) is 219 Å². The van der Waals surface area contributed by atoms with E-state index in [0.29, 0.717) is 0 Å². The average Bonchev–Trinajstić information content (AvgIpc) is 2.94. The quantitative estimate of drug-likeness (QED) is 0.0453. The van der Waals surface area contributed by atoms with E-state index in [2.05, 4.69) is 26.0 Å². The van der Waals surface area contributed by atoms with Crippen LogP contribution in [0.4, 0.5) is 0 Å². The van der Waals surface area contributed by atoms with E-state index in [9.17, 15) is 13.0 Å². The summed E-state index contributed by atoms with van der Waals surface area (Å²) in [7, 11) is -4.37. The zero-order chi connectivity index (χ0) is 30.1. The van der Waals surface area contributed by atoms with Gasteiger partial charge in [-0.1, -0.05) is 187 Å². The Bertz CT molecular complexity index is 631. The third-order valence-corrected chi connectivity index (χ3v) is 8.94. The first-order chi connectivity index (χ1) is 20.0. The largest absolute Gasteiger partial charge is 0.397 e. The zero-order valence-electron chi connectivity index (χ0n) is 27.7. The first-order valence-corrected chi connectivity index (χ1v) is 19.7. The van der Waals surface area contributed by atoms with Crippen LogP contribution in [-0.2, 0) is 14.6 Å². The van der Waals surface area contributed by atoms with Gasteiger partial charge < -0.3 is 0 Å². The fourth-order valence-corrected chi connectivity index (χ4v) is 6.31. The molecular weight excluding hydrogens is 528 g/mol. The van der Waals surface area contributed by atoms with Crippen LogP contribution < -0.4 is 0 Å². The molecule has 0 heterocycles. The monoisotopic (exact) mass is 601 g/mol. The predicted octanol–water partition coefficient (Wildman–Crippen LogP) is 12.9. The fraction of sp³-hybridized carbons (Fsp3) is 0.944. The molecule has 1 N–H and O–H groups in total. The van der Waals surface area contributed by atoms with Crippen LogP contribution in [0.15, 0.2) is 12.2 Å². The van der Waals surface area contributed by atoms with Gasteiger partial charge in [0.25, 0.3) is 0 Å². The Labute approximate surface area is 258 Å². The van der Waals surface area contributed by atoms with Gasteiger partial charge >= 0.3 is 10.4 Å². The van der Waals surface area contributed by atoms with E-state index >= 15 is 0 Å². The zero-order valence-corrected chi connectivity index (χ0v) is 28.5. The minimum Gasteiger partial charge on any atom is -0.264 e. The highest BCUT2D eigenvalue weighted by Gasteiger charge is 2.16. The molecule has 5 heteroatoms. The van der Waals surface area contributed by atoms with E-state index in [0.717, 1.165) is 38.5 Å². The summed E-state index contributed by atoms with van der Waals surface area (Å²) in [6.07, 6.45) is 43.3. The van der Waals surface area contributed by atoms with Gasteiger partial charge in [-0.25, -0.2) is 4.18 Å². The summed E-state index contributed by atoms with van der Waals surface area (Å²) in [5.74, 6) is 0. The van der Waals surface area contributed by atoms with Crippen molar-refractivity contribution in [3.05, 3.63) is 12.2 Å². The van der Waals surface area contributed by atoms with Crippen LogP contribution in [0.5, 0.6) is 0 Å². The summed E-state index contributed by atoms with van der Waals surface area (Å²) in [6.45, 7) is 4.54. The molecule has 1 unspecified atom stereocenters. The maximum absolute atomic E-state index is 11.3. The van der Waals surface area contributed by atoms with Gasteiger partial charge in [0, 0.05) is 0 Å². The van der Waals surface area contributed by atoms with Crippen molar-refractivity contribution < 1.29 is 17.2 Å². The summed E-state index contributed by atoms with van der Waals surface area (Å²) >= 11 is 0. The van der Waals surface area contributed by atoms with Gasteiger partial charge in [0.15, 0.2) is 0 Å². The third kappa shape index (κ3) is 35.7. The van der Waals surface area contributed by atoms with Crippen molar-refractivity contribution in [1.82, 2.24) is 0 Å². The second-order valence-corrected chi connectivity index (χ2v) is 13.7. The molecule has 0 aliphatic heterocycles. The highest BCUT2D eigenvalue weighted by Crippen LogP contribution is 2.19. The topological polar surface area (TPSA) is 63.6 Å². The van der Waals surface area contributed by atoms with Crippen LogP contribution in [0.3, 0.4) is 0 Å². The molecule has 0 aromatic carbocycles. The van der Waals surface area contributed by atoms with Crippen LogP contribution in [0.1, 0.15) is 213 Å². The molecule has 4 nitrogen and oxygen atoms in total. The maximum atomic E-state index is 11.3. The number of unbranched alkanes of at least 4 members (excludes halogenated alkanes) is 26. The third-order valence-electron chi connectivity index (χ3n) is 8.43. The van der Waals surface area contributed by atoms with Crippen molar-refractivity contribution in [3.63, 3.8) is 0 Å².